The van der Waals surface area contributed by atoms with Gasteiger partial charge in [0.25, 0.3) is 0 Å². The Morgan fingerprint density at radius 3 is 2.39 bits per heavy atom. The lowest BCUT2D eigenvalue weighted by Gasteiger charge is -2.19. The van der Waals surface area contributed by atoms with Gasteiger partial charge in [0, 0.05) is 37.1 Å². The molecule has 2 N–H and O–H groups in total. The number of rotatable bonds is 4. The molecule has 0 saturated carbocycles. The van der Waals surface area contributed by atoms with Crippen molar-refractivity contribution in [2.45, 2.75) is 13.8 Å². The second kappa shape index (κ2) is 5.39. The Balaban J connectivity index is 2.44. The molecule has 2 heterocycles. The van der Waals surface area contributed by atoms with Crippen LogP contribution in [0, 0.1) is 0 Å². The normalized spacial score (nSPS) is 10.3. The lowest BCUT2D eigenvalue weighted by molar-refractivity contribution is 0.823. The Bertz CT molecular complexity index is 509. The van der Waals surface area contributed by atoms with Crippen LogP contribution in [0.5, 0.6) is 0 Å². The third-order valence-electron chi connectivity index (χ3n) is 2.64. The van der Waals surface area contributed by atoms with Gasteiger partial charge in [-0.05, 0) is 13.8 Å². The Hall–Kier alpha value is -2.24. The monoisotopic (exact) mass is 244 g/mol. The van der Waals surface area contributed by atoms with Crippen LogP contribution in [0.15, 0.2) is 24.8 Å². The molecule has 2 aromatic rings. The van der Waals surface area contributed by atoms with E-state index in [0.29, 0.717) is 11.8 Å². The van der Waals surface area contributed by atoms with E-state index in [9.17, 15) is 0 Å². The first kappa shape index (κ1) is 12.2. The zero-order valence-electron chi connectivity index (χ0n) is 10.5. The van der Waals surface area contributed by atoms with Gasteiger partial charge in [0.05, 0.1) is 5.69 Å². The van der Waals surface area contributed by atoms with E-state index >= 15 is 0 Å². The molecule has 0 atom stereocenters. The second-order valence-electron chi connectivity index (χ2n) is 3.78. The highest BCUT2D eigenvalue weighted by Gasteiger charge is 2.09. The van der Waals surface area contributed by atoms with Gasteiger partial charge in [0.1, 0.15) is 12.1 Å². The minimum atomic E-state index is 0.450. The van der Waals surface area contributed by atoms with Crippen molar-refractivity contribution in [3.05, 3.63) is 24.8 Å². The summed E-state index contributed by atoms with van der Waals surface area (Å²) in [5.74, 6) is 1.09. The predicted molar refractivity (Wildman–Crippen MR) is 71.0 cm³/mol. The summed E-state index contributed by atoms with van der Waals surface area (Å²) in [5.41, 5.74) is 7.40. The molecule has 18 heavy (non-hydrogen) atoms. The molecule has 0 aliphatic rings. The van der Waals surface area contributed by atoms with Crippen LogP contribution in [0.4, 0.5) is 11.8 Å². The first-order chi connectivity index (χ1) is 8.74. The van der Waals surface area contributed by atoms with Crippen LogP contribution < -0.4 is 10.6 Å². The molecule has 2 aromatic heterocycles. The van der Waals surface area contributed by atoms with E-state index < -0.39 is 0 Å². The lowest BCUT2D eigenvalue weighted by Crippen LogP contribution is -2.24. The smallest absolute Gasteiger partial charge is 0.227 e. The Morgan fingerprint density at radius 1 is 1.11 bits per heavy atom. The maximum atomic E-state index is 5.83. The van der Waals surface area contributed by atoms with E-state index in [1.165, 1.54) is 6.33 Å². The summed E-state index contributed by atoms with van der Waals surface area (Å²) in [5, 5.41) is 0. The molecule has 2 rings (SSSR count). The minimum Gasteiger partial charge on any atom is -0.384 e. The summed E-state index contributed by atoms with van der Waals surface area (Å²) in [6, 6.07) is 1.73. The van der Waals surface area contributed by atoms with Gasteiger partial charge in [-0.3, -0.25) is 0 Å². The molecule has 0 aliphatic heterocycles. The van der Waals surface area contributed by atoms with E-state index in [-0.39, 0.29) is 0 Å². The molecule has 0 fully saturated rings. The van der Waals surface area contributed by atoms with Crippen molar-refractivity contribution < 1.29 is 0 Å². The fourth-order valence-electron chi connectivity index (χ4n) is 1.68. The van der Waals surface area contributed by atoms with Crippen molar-refractivity contribution in [1.82, 2.24) is 19.9 Å². The van der Waals surface area contributed by atoms with Crippen LogP contribution in [0.2, 0.25) is 0 Å². The zero-order valence-corrected chi connectivity index (χ0v) is 10.5. The Kier molecular flexibility index (Phi) is 3.66. The molecule has 94 valence electrons. The van der Waals surface area contributed by atoms with Crippen molar-refractivity contribution in [2.75, 3.05) is 23.7 Å². The van der Waals surface area contributed by atoms with Gasteiger partial charge in [-0.25, -0.2) is 15.0 Å². The molecule has 0 spiro atoms. The van der Waals surface area contributed by atoms with Gasteiger partial charge in [-0.1, -0.05) is 0 Å². The van der Waals surface area contributed by atoms with E-state index in [2.05, 4.69) is 33.8 Å². The highest BCUT2D eigenvalue weighted by Crippen LogP contribution is 2.20. The van der Waals surface area contributed by atoms with Gasteiger partial charge in [0.15, 0.2) is 0 Å². The molecular weight excluding hydrogens is 228 g/mol. The van der Waals surface area contributed by atoms with Crippen molar-refractivity contribution in [3.63, 3.8) is 0 Å². The standard InChI is InChI=1S/C12H16N6/c1-3-18(4-2)12-16-10(5-11(13)17-12)9-6-14-8-15-7-9/h5-8H,3-4H2,1-2H3,(H2,13,16,17). The fraction of sp³-hybridized carbons (Fsp3) is 0.333. The summed E-state index contributed by atoms with van der Waals surface area (Å²) in [4.78, 5) is 18.8. The van der Waals surface area contributed by atoms with Gasteiger partial charge < -0.3 is 10.6 Å². The average molecular weight is 244 g/mol. The maximum absolute atomic E-state index is 5.83. The van der Waals surface area contributed by atoms with Crippen LogP contribution in [-0.4, -0.2) is 33.0 Å². The highest BCUT2D eigenvalue weighted by atomic mass is 15.2. The molecular formula is C12H16N6. The van der Waals surface area contributed by atoms with Gasteiger partial charge in [0.2, 0.25) is 5.95 Å². The average Bonchev–Trinajstić information content (AvgIpc) is 2.40. The molecule has 0 aliphatic carbocycles. The van der Waals surface area contributed by atoms with Crippen LogP contribution in [-0.2, 0) is 0 Å². The number of anilines is 2. The SMILES string of the molecule is CCN(CC)c1nc(N)cc(-c2cncnc2)n1. The largest absolute Gasteiger partial charge is 0.384 e. The first-order valence-electron chi connectivity index (χ1n) is 5.89. The van der Waals surface area contributed by atoms with E-state index in [4.69, 9.17) is 5.73 Å². The molecule has 6 nitrogen and oxygen atoms in total. The molecule has 6 heteroatoms. The van der Waals surface area contributed by atoms with Gasteiger partial charge >= 0.3 is 0 Å². The summed E-state index contributed by atoms with van der Waals surface area (Å²) in [6.07, 6.45) is 4.90. The Labute approximate surface area is 106 Å². The second-order valence-corrected chi connectivity index (χ2v) is 3.78. The number of hydrogen-bond donors (Lipinski definition) is 1. The number of hydrogen-bond acceptors (Lipinski definition) is 6. The van der Waals surface area contributed by atoms with Gasteiger partial charge in [-0.2, -0.15) is 4.98 Å². The van der Waals surface area contributed by atoms with Crippen molar-refractivity contribution in [3.8, 4) is 11.3 Å². The first-order valence-corrected chi connectivity index (χ1v) is 5.89. The number of nitrogens with zero attached hydrogens (tertiary/aromatic N) is 5. The summed E-state index contributed by atoms with van der Waals surface area (Å²) < 4.78 is 0. The Morgan fingerprint density at radius 2 is 1.78 bits per heavy atom. The van der Waals surface area contributed by atoms with E-state index in [1.807, 2.05) is 4.90 Å². The zero-order chi connectivity index (χ0) is 13.0. The van der Waals surface area contributed by atoms with Crippen LogP contribution >= 0.6 is 0 Å². The van der Waals surface area contributed by atoms with Crippen LogP contribution in [0.3, 0.4) is 0 Å². The van der Waals surface area contributed by atoms with Gasteiger partial charge in [-0.15, -0.1) is 0 Å². The molecule has 0 bridgehead atoms. The van der Waals surface area contributed by atoms with Crippen molar-refractivity contribution in [1.29, 1.82) is 0 Å². The molecule has 0 aromatic carbocycles. The lowest BCUT2D eigenvalue weighted by atomic mass is 10.2. The summed E-state index contributed by atoms with van der Waals surface area (Å²) in [7, 11) is 0. The number of aromatic nitrogens is 4. The molecule has 0 unspecified atom stereocenters. The van der Waals surface area contributed by atoms with E-state index in [1.54, 1.807) is 18.5 Å². The predicted octanol–water partition coefficient (Wildman–Crippen LogP) is 1.36. The van der Waals surface area contributed by atoms with Crippen LogP contribution in [0.1, 0.15) is 13.8 Å². The molecule has 0 amide bonds. The van der Waals surface area contributed by atoms with Crippen molar-refractivity contribution >= 4 is 11.8 Å². The van der Waals surface area contributed by atoms with Crippen molar-refractivity contribution in [2.24, 2.45) is 0 Å². The maximum Gasteiger partial charge on any atom is 0.227 e. The minimum absolute atomic E-state index is 0.450. The topological polar surface area (TPSA) is 80.8 Å². The third kappa shape index (κ3) is 2.53. The summed E-state index contributed by atoms with van der Waals surface area (Å²) >= 11 is 0. The highest BCUT2D eigenvalue weighted by molar-refractivity contribution is 5.62. The van der Waals surface area contributed by atoms with Crippen LogP contribution in [0.25, 0.3) is 11.3 Å². The quantitative estimate of drug-likeness (QED) is 0.874. The molecule has 0 radical (unpaired) electrons. The van der Waals surface area contributed by atoms with E-state index in [0.717, 1.165) is 24.3 Å². The third-order valence-corrected chi connectivity index (χ3v) is 2.64. The fourth-order valence-corrected chi connectivity index (χ4v) is 1.68. The number of nitrogens with two attached hydrogens (primary N) is 1. The number of nitrogen functional groups attached to an aromatic ring is 1. The molecule has 0 saturated heterocycles. The summed E-state index contributed by atoms with van der Waals surface area (Å²) in [6.45, 7) is 5.79.